The summed E-state index contributed by atoms with van der Waals surface area (Å²) in [6.45, 7) is 6.99. The second-order valence-electron chi connectivity index (χ2n) is 6.42. The molecular weight excluding hydrogens is 232 g/mol. The predicted molar refractivity (Wildman–Crippen MR) is 85.7 cm³/mol. The van der Waals surface area contributed by atoms with Gasteiger partial charge in [-0.1, -0.05) is 51.9 Å². The third-order valence-corrected chi connectivity index (χ3v) is 4.46. The van der Waals surface area contributed by atoms with E-state index in [1.165, 1.54) is 70.8 Å². The van der Waals surface area contributed by atoms with Gasteiger partial charge in [0.05, 0.1) is 0 Å². The van der Waals surface area contributed by atoms with Crippen LogP contribution in [0.25, 0.3) is 0 Å². The average molecular weight is 268 g/mol. The van der Waals surface area contributed by atoms with Gasteiger partial charge in [0.1, 0.15) is 0 Å². The van der Waals surface area contributed by atoms with Crippen molar-refractivity contribution in [3.05, 3.63) is 0 Å². The van der Waals surface area contributed by atoms with Gasteiger partial charge in [-0.25, -0.2) is 0 Å². The predicted octanol–water partition coefficient (Wildman–Crippen LogP) is 4.20. The van der Waals surface area contributed by atoms with Crippen LogP contribution < -0.4 is 5.32 Å². The van der Waals surface area contributed by atoms with Crippen molar-refractivity contribution in [1.29, 1.82) is 0 Å². The van der Waals surface area contributed by atoms with Crippen LogP contribution >= 0.6 is 0 Å². The molecule has 19 heavy (non-hydrogen) atoms. The number of nitrogens with zero attached hydrogens (tertiary/aromatic N) is 1. The maximum Gasteiger partial charge on any atom is 0.0192 e. The Kier molecular flexibility index (Phi) is 9.54. The van der Waals surface area contributed by atoms with Crippen molar-refractivity contribution >= 4 is 0 Å². The van der Waals surface area contributed by atoms with Crippen LogP contribution in [0, 0.1) is 0 Å². The number of unbranched alkanes of at least 4 members (excludes halogenated alkanes) is 7. The SMILES string of the molecule is CCCCCCCCCCNCC(C)N(C)C1CC1. The molecule has 0 saturated heterocycles. The quantitative estimate of drug-likeness (QED) is 0.504. The van der Waals surface area contributed by atoms with Gasteiger partial charge >= 0.3 is 0 Å². The monoisotopic (exact) mass is 268 g/mol. The van der Waals surface area contributed by atoms with E-state index >= 15 is 0 Å². The molecule has 1 fully saturated rings. The Morgan fingerprint density at radius 1 is 1.00 bits per heavy atom. The molecule has 0 aliphatic heterocycles. The standard InChI is InChI=1S/C17H36N2/c1-4-5-6-7-8-9-10-11-14-18-15-16(2)19(3)17-12-13-17/h16-18H,4-15H2,1-3H3. The zero-order valence-corrected chi connectivity index (χ0v) is 13.6. The topological polar surface area (TPSA) is 15.3 Å². The van der Waals surface area contributed by atoms with Gasteiger partial charge in [0.25, 0.3) is 0 Å². The first-order valence-corrected chi connectivity index (χ1v) is 8.68. The van der Waals surface area contributed by atoms with E-state index in [4.69, 9.17) is 0 Å². The highest BCUT2D eigenvalue weighted by Gasteiger charge is 2.28. The Hall–Kier alpha value is -0.0800. The highest BCUT2D eigenvalue weighted by molar-refractivity contribution is 4.85. The van der Waals surface area contributed by atoms with Crippen molar-refractivity contribution in [2.24, 2.45) is 0 Å². The second kappa shape index (κ2) is 10.7. The van der Waals surface area contributed by atoms with E-state index in [1.54, 1.807) is 0 Å². The summed E-state index contributed by atoms with van der Waals surface area (Å²) < 4.78 is 0. The average Bonchev–Trinajstić information content (AvgIpc) is 3.24. The second-order valence-corrected chi connectivity index (χ2v) is 6.42. The summed E-state index contributed by atoms with van der Waals surface area (Å²) in [5.74, 6) is 0. The maximum atomic E-state index is 3.62. The summed E-state index contributed by atoms with van der Waals surface area (Å²) in [4.78, 5) is 2.54. The van der Waals surface area contributed by atoms with E-state index in [9.17, 15) is 0 Å². The van der Waals surface area contributed by atoms with Crippen molar-refractivity contribution in [2.45, 2.75) is 90.1 Å². The molecule has 2 heteroatoms. The van der Waals surface area contributed by atoms with E-state index in [1.807, 2.05) is 0 Å². The molecular formula is C17H36N2. The van der Waals surface area contributed by atoms with E-state index in [0.29, 0.717) is 6.04 Å². The van der Waals surface area contributed by atoms with Crippen LogP contribution in [0.5, 0.6) is 0 Å². The van der Waals surface area contributed by atoms with E-state index in [-0.39, 0.29) is 0 Å². The number of rotatable bonds is 13. The summed E-state index contributed by atoms with van der Waals surface area (Å²) in [6, 6.07) is 1.58. The Labute approximate surface area is 121 Å². The van der Waals surface area contributed by atoms with Crippen molar-refractivity contribution < 1.29 is 0 Å². The molecule has 0 aromatic rings. The van der Waals surface area contributed by atoms with Crippen molar-refractivity contribution in [2.75, 3.05) is 20.1 Å². The molecule has 0 amide bonds. The zero-order chi connectivity index (χ0) is 13.9. The van der Waals surface area contributed by atoms with Crippen molar-refractivity contribution in [3.63, 3.8) is 0 Å². The fraction of sp³-hybridized carbons (Fsp3) is 1.00. The van der Waals surface area contributed by atoms with Crippen molar-refractivity contribution in [1.82, 2.24) is 10.2 Å². The molecule has 0 spiro atoms. The van der Waals surface area contributed by atoms with Crippen LogP contribution in [0.4, 0.5) is 0 Å². The molecule has 0 aromatic heterocycles. The summed E-state index contributed by atoms with van der Waals surface area (Å²) in [7, 11) is 2.28. The lowest BCUT2D eigenvalue weighted by atomic mass is 10.1. The van der Waals surface area contributed by atoms with Crippen LogP contribution in [0.1, 0.15) is 78.1 Å². The van der Waals surface area contributed by atoms with Crippen LogP contribution in [-0.2, 0) is 0 Å². The lowest BCUT2D eigenvalue weighted by molar-refractivity contribution is 0.241. The van der Waals surface area contributed by atoms with Crippen molar-refractivity contribution in [3.8, 4) is 0 Å². The molecule has 1 aliphatic rings. The number of likely N-dealkylation sites (N-methyl/N-ethyl adjacent to an activating group) is 1. The Balaban J connectivity index is 1.78. The first-order chi connectivity index (χ1) is 9.25. The van der Waals surface area contributed by atoms with Gasteiger partial charge in [0, 0.05) is 18.6 Å². The van der Waals surface area contributed by atoms with E-state index < -0.39 is 0 Å². The van der Waals surface area contributed by atoms with Crippen LogP contribution in [0.15, 0.2) is 0 Å². The lowest BCUT2D eigenvalue weighted by Crippen LogP contribution is -2.39. The first kappa shape index (κ1) is 17.0. The minimum Gasteiger partial charge on any atom is -0.315 e. The molecule has 0 bridgehead atoms. The van der Waals surface area contributed by atoms with Gasteiger partial charge < -0.3 is 5.32 Å². The fourth-order valence-electron chi connectivity index (χ4n) is 2.68. The molecule has 1 rings (SSSR count). The Morgan fingerprint density at radius 3 is 2.16 bits per heavy atom. The molecule has 0 aromatic carbocycles. The third-order valence-electron chi connectivity index (χ3n) is 4.46. The molecule has 1 saturated carbocycles. The molecule has 114 valence electrons. The highest BCUT2D eigenvalue weighted by atomic mass is 15.2. The molecule has 1 aliphatic carbocycles. The van der Waals surface area contributed by atoms with Gasteiger partial charge in [-0.05, 0) is 39.8 Å². The third kappa shape index (κ3) is 8.65. The molecule has 1 N–H and O–H groups in total. The van der Waals surface area contributed by atoms with Crippen LogP contribution in [0.3, 0.4) is 0 Å². The summed E-state index contributed by atoms with van der Waals surface area (Å²) >= 11 is 0. The lowest BCUT2D eigenvalue weighted by Gasteiger charge is -2.24. The summed E-state index contributed by atoms with van der Waals surface area (Å²) in [5.41, 5.74) is 0. The zero-order valence-electron chi connectivity index (χ0n) is 13.6. The molecule has 2 nitrogen and oxygen atoms in total. The maximum absolute atomic E-state index is 3.62. The Morgan fingerprint density at radius 2 is 1.58 bits per heavy atom. The fourth-order valence-corrected chi connectivity index (χ4v) is 2.68. The van der Waals surface area contributed by atoms with Gasteiger partial charge in [-0.15, -0.1) is 0 Å². The largest absolute Gasteiger partial charge is 0.315 e. The highest BCUT2D eigenvalue weighted by Crippen LogP contribution is 2.26. The molecule has 1 atom stereocenters. The smallest absolute Gasteiger partial charge is 0.0192 e. The van der Waals surface area contributed by atoms with E-state index in [2.05, 4.69) is 31.1 Å². The van der Waals surface area contributed by atoms with Gasteiger partial charge in [0.15, 0.2) is 0 Å². The van der Waals surface area contributed by atoms with Gasteiger partial charge in [-0.3, -0.25) is 4.90 Å². The van der Waals surface area contributed by atoms with E-state index in [0.717, 1.165) is 12.6 Å². The molecule has 0 radical (unpaired) electrons. The minimum atomic E-state index is 0.696. The van der Waals surface area contributed by atoms with Gasteiger partial charge in [-0.2, -0.15) is 0 Å². The summed E-state index contributed by atoms with van der Waals surface area (Å²) in [6.07, 6.45) is 14.1. The van der Waals surface area contributed by atoms with Crippen LogP contribution in [0.2, 0.25) is 0 Å². The summed E-state index contributed by atoms with van der Waals surface area (Å²) in [5, 5.41) is 3.62. The first-order valence-electron chi connectivity index (χ1n) is 8.68. The Bertz CT molecular complexity index is 201. The van der Waals surface area contributed by atoms with Gasteiger partial charge in [0.2, 0.25) is 0 Å². The number of hydrogen-bond donors (Lipinski definition) is 1. The number of nitrogens with one attached hydrogen (secondary N) is 1. The molecule has 0 heterocycles. The molecule has 1 unspecified atom stereocenters. The normalized spacial score (nSPS) is 17.1. The van der Waals surface area contributed by atoms with Crippen LogP contribution in [-0.4, -0.2) is 37.1 Å². The minimum absolute atomic E-state index is 0.696. The number of hydrogen-bond acceptors (Lipinski definition) is 2.